The number of nitrogens with one attached hydrogen (secondary N) is 2. The minimum atomic E-state index is -0.462. The van der Waals surface area contributed by atoms with Gasteiger partial charge in [0.2, 0.25) is 5.91 Å². The van der Waals surface area contributed by atoms with Crippen molar-refractivity contribution in [3.8, 4) is 0 Å². The predicted molar refractivity (Wildman–Crippen MR) is 83.2 cm³/mol. The van der Waals surface area contributed by atoms with Crippen LogP contribution >= 0.6 is 23.2 Å². The molecule has 1 aliphatic heterocycles. The Morgan fingerprint density at radius 3 is 2.50 bits per heavy atom. The van der Waals surface area contributed by atoms with Crippen molar-refractivity contribution >= 4 is 29.1 Å². The number of piperidine rings is 1. The summed E-state index contributed by atoms with van der Waals surface area (Å²) in [4.78, 5) is 12.3. The molecule has 1 aromatic carbocycles. The highest BCUT2D eigenvalue weighted by Crippen LogP contribution is 2.29. The first kappa shape index (κ1) is 15.6. The topological polar surface area (TPSA) is 41.1 Å². The highest BCUT2D eigenvalue weighted by atomic mass is 35.5. The standard InChI is InChI=1S/C15H20Cl2N2O/c1-15(2,11-3-4-12(16)13(17)9-11)19-14(20)10-5-7-18-8-6-10/h3-4,9-10,18H,5-8H2,1-2H3,(H,19,20). The number of hydrogen-bond donors (Lipinski definition) is 2. The second kappa shape index (κ2) is 6.33. The molecule has 0 radical (unpaired) electrons. The van der Waals surface area contributed by atoms with Crippen LogP contribution in [-0.4, -0.2) is 19.0 Å². The third-order valence-corrected chi connectivity index (χ3v) is 4.53. The maximum Gasteiger partial charge on any atom is 0.223 e. The molecule has 0 spiro atoms. The molecule has 0 aliphatic carbocycles. The molecule has 0 saturated carbocycles. The summed E-state index contributed by atoms with van der Waals surface area (Å²) in [6, 6.07) is 5.47. The lowest BCUT2D eigenvalue weighted by Gasteiger charge is -2.31. The van der Waals surface area contributed by atoms with Crippen LogP contribution in [0.1, 0.15) is 32.3 Å². The molecular weight excluding hydrogens is 295 g/mol. The van der Waals surface area contributed by atoms with Gasteiger partial charge in [-0.25, -0.2) is 0 Å². The normalized spacial score (nSPS) is 17.0. The first-order valence-electron chi connectivity index (χ1n) is 6.88. The van der Waals surface area contributed by atoms with Crippen LogP contribution in [0.5, 0.6) is 0 Å². The Labute approximate surface area is 130 Å². The van der Waals surface area contributed by atoms with Gasteiger partial charge in [-0.1, -0.05) is 29.3 Å². The fourth-order valence-electron chi connectivity index (χ4n) is 2.45. The SMILES string of the molecule is CC(C)(NC(=O)C1CCNCC1)c1ccc(Cl)c(Cl)c1. The van der Waals surface area contributed by atoms with Gasteiger partial charge in [-0.2, -0.15) is 0 Å². The van der Waals surface area contributed by atoms with Crippen LogP contribution in [-0.2, 0) is 10.3 Å². The maximum atomic E-state index is 12.3. The summed E-state index contributed by atoms with van der Waals surface area (Å²) >= 11 is 12.0. The number of benzene rings is 1. The molecule has 1 amide bonds. The second-order valence-corrected chi connectivity index (χ2v) is 6.58. The van der Waals surface area contributed by atoms with Crippen LogP contribution in [0.3, 0.4) is 0 Å². The Balaban J connectivity index is 2.09. The maximum absolute atomic E-state index is 12.3. The molecule has 1 heterocycles. The molecule has 2 rings (SSSR count). The third kappa shape index (κ3) is 3.66. The van der Waals surface area contributed by atoms with Crippen molar-refractivity contribution < 1.29 is 4.79 Å². The summed E-state index contributed by atoms with van der Waals surface area (Å²) in [5, 5.41) is 7.42. The monoisotopic (exact) mass is 314 g/mol. The van der Waals surface area contributed by atoms with E-state index in [4.69, 9.17) is 23.2 Å². The van der Waals surface area contributed by atoms with E-state index < -0.39 is 5.54 Å². The Kier molecular flexibility index (Phi) is 4.95. The fraction of sp³-hybridized carbons (Fsp3) is 0.533. The van der Waals surface area contributed by atoms with Gasteiger partial charge in [-0.3, -0.25) is 4.79 Å². The Morgan fingerprint density at radius 2 is 1.90 bits per heavy atom. The van der Waals surface area contributed by atoms with Gasteiger partial charge >= 0.3 is 0 Å². The van der Waals surface area contributed by atoms with Gasteiger partial charge in [-0.15, -0.1) is 0 Å². The van der Waals surface area contributed by atoms with Crippen molar-refractivity contribution in [2.45, 2.75) is 32.2 Å². The van der Waals surface area contributed by atoms with Crippen molar-refractivity contribution in [3.05, 3.63) is 33.8 Å². The minimum absolute atomic E-state index is 0.0956. The fourth-order valence-corrected chi connectivity index (χ4v) is 2.75. The van der Waals surface area contributed by atoms with Gasteiger partial charge in [0.05, 0.1) is 15.6 Å². The predicted octanol–water partition coefficient (Wildman–Crippen LogP) is 3.34. The second-order valence-electron chi connectivity index (χ2n) is 5.77. The van der Waals surface area contributed by atoms with Crippen molar-refractivity contribution in [2.75, 3.05) is 13.1 Å². The van der Waals surface area contributed by atoms with E-state index in [1.165, 1.54) is 0 Å². The number of halogens is 2. The van der Waals surface area contributed by atoms with Gasteiger partial charge in [0.15, 0.2) is 0 Å². The Hall–Kier alpha value is -0.770. The molecule has 0 bridgehead atoms. The Morgan fingerprint density at radius 1 is 1.25 bits per heavy atom. The van der Waals surface area contributed by atoms with Crippen LogP contribution in [0.2, 0.25) is 10.0 Å². The van der Waals surface area contributed by atoms with Gasteiger partial charge in [0.1, 0.15) is 0 Å². The largest absolute Gasteiger partial charge is 0.347 e. The lowest BCUT2D eigenvalue weighted by Crippen LogP contribution is -2.46. The molecule has 1 aliphatic rings. The van der Waals surface area contributed by atoms with Crippen molar-refractivity contribution in [1.82, 2.24) is 10.6 Å². The summed E-state index contributed by atoms with van der Waals surface area (Å²) in [6.07, 6.45) is 1.78. The molecule has 1 fully saturated rings. The van der Waals surface area contributed by atoms with E-state index in [1.807, 2.05) is 26.0 Å². The summed E-state index contributed by atoms with van der Waals surface area (Å²) in [5.74, 6) is 0.209. The Bertz CT molecular complexity index is 497. The zero-order valence-electron chi connectivity index (χ0n) is 11.8. The van der Waals surface area contributed by atoms with Gasteiger partial charge in [-0.05, 0) is 57.5 Å². The van der Waals surface area contributed by atoms with Crippen molar-refractivity contribution in [3.63, 3.8) is 0 Å². The first-order chi connectivity index (χ1) is 9.40. The van der Waals surface area contributed by atoms with Crippen molar-refractivity contribution in [1.29, 1.82) is 0 Å². The van der Waals surface area contributed by atoms with Crippen LogP contribution in [0.4, 0.5) is 0 Å². The molecule has 0 atom stereocenters. The average Bonchev–Trinajstić information content (AvgIpc) is 2.42. The van der Waals surface area contributed by atoms with E-state index in [0.717, 1.165) is 31.5 Å². The molecular formula is C15H20Cl2N2O. The van der Waals surface area contributed by atoms with E-state index in [1.54, 1.807) is 6.07 Å². The van der Waals surface area contributed by atoms with Crippen LogP contribution in [0.25, 0.3) is 0 Å². The van der Waals surface area contributed by atoms with E-state index in [2.05, 4.69) is 10.6 Å². The van der Waals surface area contributed by atoms with Gasteiger partial charge in [0, 0.05) is 5.92 Å². The van der Waals surface area contributed by atoms with E-state index in [-0.39, 0.29) is 11.8 Å². The number of hydrogen-bond acceptors (Lipinski definition) is 2. The van der Waals surface area contributed by atoms with Crippen LogP contribution in [0.15, 0.2) is 18.2 Å². The van der Waals surface area contributed by atoms with Crippen LogP contribution in [0, 0.1) is 5.92 Å². The summed E-state index contributed by atoms with van der Waals surface area (Å²) in [6.45, 7) is 5.77. The zero-order chi connectivity index (χ0) is 14.8. The average molecular weight is 315 g/mol. The molecule has 3 nitrogen and oxygen atoms in total. The van der Waals surface area contributed by atoms with E-state index in [9.17, 15) is 4.79 Å². The molecule has 2 N–H and O–H groups in total. The summed E-state index contributed by atoms with van der Waals surface area (Å²) in [7, 11) is 0. The van der Waals surface area contributed by atoms with Gasteiger partial charge in [0.25, 0.3) is 0 Å². The molecule has 20 heavy (non-hydrogen) atoms. The molecule has 110 valence electrons. The smallest absolute Gasteiger partial charge is 0.223 e. The van der Waals surface area contributed by atoms with E-state index >= 15 is 0 Å². The van der Waals surface area contributed by atoms with Crippen molar-refractivity contribution in [2.24, 2.45) is 5.92 Å². The first-order valence-corrected chi connectivity index (χ1v) is 7.64. The zero-order valence-corrected chi connectivity index (χ0v) is 13.3. The molecule has 0 aromatic heterocycles. The molecule has 1 saturated heterocycles. The lowest BCUT2D eigenvalue weighted by atomic mass is 9.91. The summed E-state index contributed by atoms with van der Waals surface area (Å²) in [5.41, 5.74) is 0.491. The van der Waals surface area contributed by atoms with Gasteiger partial charge < -0.3 is 10.6 Å². The molecule has 5 heteroatoms. The summed E-state index contributed by atoms with van der Waals surface area (Å²) < 4.78 is 0. The third-order valence-electron chi connectivity index (χ3n) is 3.79. The number of carbonyl (C=O) groups excluding carboxylic acids is 1. The highest BCUT2D eigenvalue weighted by molar-refractivity contribution is 6.42. The number of rotatable bonds is 3. The highest BCUT2D eigenvalue weighted by Gasteiger charge is 2.28. The number of carbonyl (C=O) groups is 1. The van der Waals surface area contributed by atoms with E-state index in [0.29, 0.717) is 10.0 Å². The van der Waals surface area contributed by atoms with Crippen LogP contribution < -0.4 is 10.6 Å². The molecule has 1 aromatic rings. The molecule has 0 unspecified atom stereocenters. The number of amides is 1. The lowest BCUT2D eigenvalue weighted by molar-refractivity contribution is -0.127. The quantitative estimate of drug-likeness (QED) is 0.898. The minimum Gasteiger partial charge on any atom is -0.347 e.